The molecule has 2 aromatic rings. The molecule has 0 aliphatic carbocycles. The number of thiophene rings is 1. The number of para-hydroxylation sites is 1. The van der Waals surface area contributed by atoms with E-state index in [0.717, 1.165) is 23.1 Å². The monoisotopic (exact) mass is 330 g/mol. The molecule has 0 fully saturated rings. The maximum Gasteiger partial charge on any atom is 0.141 e. The number of halogens is 2. The van der Waals surface area contributed by atoms with E-state index in [-0.39, 0.29) is 0 Å². The molecule has 1 aromatic carbocycles. The zero-order chi connectivity index (χ0) is 12.1. The number of hydrogen-bond acceptors (Lipinski definition) is 2. The summed E-state index contributed by atoms with van der Waals surface area (Å²) in [7, 11) is 0. The van der Waals surface area contributed by atoms with Crippen LogP contribution >= 0.6 is 38.9 Å². The summed E-state index contributed by atoms with van der Waals surface area (Å²) in [4.78, 5) is 1.33. The Labute approximate surface area is 119 Å². The van der Waals surface area contributed by atoms with Gasteiger partial charge in [-0.05, 0) is 17.5 Å². The van der Waals surface area contributed by atoms with Crippen molar-refractivity contribution in [3.63, 3.8) is 0 Å². The van der Waals surface area contributed by atoms with Crippen molar-refractivity contribution in [1.29, 1.82) is 0 Å². The Bertz CT molecular complexity index is 470. The van der Waals surface area contributed by atoms with E-state index in [0.29, 0.717) is 11.6 Å². The highest BCUT2D eigenvalue weighted by Gasteiger charge is 2.07. The van der Waals surface area contributed by atoms with Crippen LogP contribution < -0.4 is 4.74 Å². The minimum Gasteiger partial charge on any atom is -0.491 e. The van der Waals surface area contributed by atoms with Crippen molar-refractivity contribution in [2.24, 2.45) is 0 Å². The predicted molar refractivity (Wildman–Crippen MR) is 77.6 cm³/mol. The molecule has 0 spiro atoms. The minimum absolute atomic E-state index is 0.657. The third-order valence-electron chi connectivity index (χ3n) is 2.37. The SMILES string of the molecule is Clc1cccc(CBr)c1OCCc1cccs1. The van der Waals surface area contributed by atoms with E-state index in [1.165, 1.54) is 4.88 Å². The fourth-order valence-corrected chi connectivity index (χ4v) is 2.91. The molecule has 1 heterocycles. The van der Waals surface area contributed by atoms with Crippen LogP contribution in [0.15, 0.2) is 35.7 Å². The van der Waals surface area contributed by atoms with Gasteiger partial charge in [-0.2, -0.15) is 0 Å². The summed E-state index contributed by atoms with van der Waals surface area (Å²) in [6, 6.07) is 9.98. The molecule has 4 heteroatoms. The molecule has 0 radical (unpaired) electrons. The molecule has 2 rings (SSSR count). The van der Waals surface area contributed by atoms with Crippen molar-refractivity contribution in [2.45, 2.75) is 11.8 Å². The molecule has 0 aliphatic rings. The lowest BCUT2D eigenvalue weighted by Crippen LogP contribution is -2.02. The minimum atomic E-state index is 0.657. The van der Waals surface area contributed by atoms with Gasteiger partial charge in [0.2, 0.25) is 0 Å². The molecule has 0 saturated heterocycles. The lowest BCUT2D eigenvalue weighted by atomic mass is 10.2. The first-order valence-electron chi connectivity index (χ1n) is 5.30. The summed E-state index contributed by atoms with van der Waals surface area (Å²) in [5, 5.41) is 3.50. The highest BCUT2D eigenvalue weighted by Crippen LogP contribution is 2.30. The Hall–Kier alpha value is -0.510. The van der Waals surface area contributed by atoms with Gasteiger partial charge in [0, 0.05) is 22.2 Å². The zero-order valence-electron chi connectivity index (χ0n) is 9.16. The van der Waals surface area contributed by atoms with Crippen molar-refractivity contribution in [3.8, 4) is 5.75 Å². The molecular formula is C13H12BrClOS. The van der Waals surface area contributed by atoms with Crippen LogP contribution in [0.5, 0.6) is 5.75 Å². The zero-order valence-corrected chi connectivity index (χ0v) is 12.3. The predicted octanol–water partition coefficient (Wildman–Crippen LogP) is 4.92. The van der Waals surface area contributed by atoms with E-state index in [1.54, 1.807) is 11.3 Å². The molecule has 90 valence electrons. The Morgan fingerprint density at radius 2 is 2.12 bits per heavy atom. The van der Waals surface area contributed by atoms with Crippen LogP contribution in [0.25, 0.3) is 0 Å². The van der Waals surface area contributed by atoms with E-state index in [4.69, 9.17) is 16.3 Å². The highest BCUT2D eigenvalue weighted by molar-refractivity contribution is 9.08. The van der Waals surface area contributed by atoms with E-state index >= 15 is 0 Å². The molecule has 0 atom stereocenters. The fourth-order valence-electron chi connectivity index (χ4n) is 1.53. The third kappa shape index (κ3) is 3.47. The van der Waals surface area contributed by atoms with Gasteiger partial charge in [-0.1, -0.05) is 45.7 Å². The number of ether oxygens (including phenoxy) is 1. The second-order valence-electron chi connectivity index (χ2n) is 3.54. The molecule has 0 bridgehead atoms. The molecule has 0 N–H and O–H groups in total. The first-order chi connectivity index (χ1) is 8.31. The molecule has 0 unspecified atom stereocenters. The first kappa shape index (κ1) is 12.9. The number of hydrogen-bond donors (Lipinski definition) is 0. The van der Waals surface area contributed by atoms with Crippen molar-refractivity contribution in [1.82, 2.24) is 0 Å². The van der Waals surface area contributed by atoms with E-state index in [9.17, 15) is 0 Å². The highest BCUT2D eigenvalue weighted by atomic mass is 79.9. The van der Waals surface area contributed by atoms with Gasteiger partial charge in [0.05, 0.1) is 11.6 Å². The second kappa shape index (κ2) is 6.43. The molecule has 0 saturated carbocycles. The maximum atomic E-state index is 6.13. The lowest BCUT2D eigenvalue weighted by molar-refractivity contribution is 0.321. The average Bonchev–Trinajstić information content (AvgIpc) is 2.84. The van der Waals surface area contributed by atoms with E-state index in [2.05, 4.69) is 33.4 Å². The van der Waals surface area contributed by atoms with Crippen molar-refractivity contribution in [2.75, 3.05) is 6.61 Å². The standard InChI is InChI=1S/C13H12BrClOS/c14-9-10-3-1-5-12(15)13(10)16-7-6-11-4-2-8-17-11/h1-5,8H,6-7,9H2. The van der Waals surface area contributed by atoms with Crippen LogP contribution in [0.2, 0.25) is 5.02 Å². The van der Waals surface area contributed by atoms with Gasteiger partial charge >= 0.3 is 0 Å². The fraction of sp³-hybridized carbons (Fsp3) is 0.231. The number of alkyl halides is 1. The normalized spacial score (nSPS) is 10.5. The Balaban J connectivity index is 1.98. The van der Waals surface area contributed by atoms with Crippen LogP contribution in [0, 0.1) is 0 Å². The first-order valence-corrected chi connectivity index (χ1v) is 7.67. The van der Waals surface area contributed by atoms with Crippen LogP contribution in [0.4, 0.5) is 0 Å². The van der Waals surface area contributed by atoms with Gasteiger partial charge in [0.15, 0.2) is 0 Å². The Morgan fingerprint density at radius 1 is 1.24 bits per heavy atom. The van der Waals surface area contributed by atoms with E-state index in [1.807, 2.05) is 18.2 Å². The summed E-state index contributed by atoms with van der Waals surface area (Å²) in [5.74, 6) is 0.794. The molecular weight excluding hydrogens is 320 g/mol. The van der Waals surface area contributed by atoms with Crippen molar-refractivity contribution in [3.05, 3.63) is 51.2 Å². The van der Waals surface area contributed by atoms with Crippen LogP contribution in [-0.4, -0.2) is 6.61 Å². The average molecular weight is 332 g/mol. The summed E-state index contributed by atoms with van der Waals surface area (Å²) in [5.41, 5.74) is 1.09. The number of rotatable bonds is 5. The van der Waals surface area contributed by atoms with Gasteiger partial charge in [-0.3, -0.25) is 0 Å². The molecule has 0 aliphatic heterocycles. The topological polar surface area (TPSA) is 9.23 Å². The summed E-state index contributed by atoms with van der Waals surface area (Å²) < 4.78 is 5.78. The molecule has 17 heavy (non-hydrogen) atoms. The molecule has 1 aromatic heterocycles. The number of benzene rings is 1. The van der Waals surface area contributed by atoms with Gasteiger partial charge in [0.1, 0.15) is 5.75 Å². The summed E-state index contributed by atoms with van der Waals surface area (Å²) >= 11 is 11.3. The van der Waals surface area contributed by atoms with Crippen LogP contribution in [-0.2, 0) is 11.8 Å². The van der Waals surface area contributed by atoms with Gasteiger partial charge in [-0.25, -0.2) is 0 Å². The Kier molecular flexibility index (Phi) is 4.89. The van der Waals surface area contributed by atoms with Crippen LogP contribution in [0.3, 0.4) is 0 Å². The largest absolute Gasteiger partial charge is 0.491 e. The van der Waals surface area contributed by atoms with Crippen LogP contribution in [0.1, 0.15) is 10.4 Å². The van der Waals surface area contributed by atoms with Crippen molar-refractivity contribution >= 4 is 38.9 Å². The molecule has 1 nitrogen and oxygen atoms in total. The second-order valence-corrected chi connectivity index (χ2v) is 5.54. The van der Waals surface area contributed by atoms with E-state index < -0.39 is 0 Å². The van der Waals surface area contributed by atoms with Gasteiger partial charge in [0.25, 0.3) is 0 Å². The molecule has 0 amide bonds. The third-order valence-corrected chi connectivity index (χ3v) is 4.21. The maximum absolute atomic E-state index is 6.13. The van der Waals surface area contributed by atoms with Crippen molar-refractivity contribution < 1.29 is 4.74 Å². The lowest BCUT2D eigenvalue weighted by Gasteiger charge is -2.11. The quantitative estimate of drug-likeness (QED) is 0.707. The summed E-state index contributed by atoms with van der Waals surface area (Å²) in [6.45, 7) is 0.657. The summed E-state index contributed by atoms with van der Waals surface area (Å²) in [6.07, 6.45) is 0.921. The Morgan fingerprint density at radius 3 is 2.82 bits per heavy atom. The van der Waals surface area contributed by atoms with Gasteiger partial charge < -0.3 is 4.74 Å². The van der Waals surface area contributed by atoms with Gasteiger partial charge in [-0.15, -0.1) is 11.3 Å². The smallest absolute Gasteiger partial charge is 0.141 e.